The number of thioether (sulfide) groups is 1. The molecule has 1 rings (SSSR count). The van der Waals surface area contributed by atoms with E-state index in [-0.39, 0.29) is 12.5 Å². The van der Waals surface area contributed by atoms with Gasteiger partial charge in [-0.15, -0.1) is 0 Å². The zero-order chi connectivity index (χ0) is 14.5. The first-order valence-electron chi connectivity index (χ1n) is 5.83. The van der Waals surface area contributed by atoms with Gasteiger partial charge in [0.05, 0.1) is 24.0 Å². The number of benzene rings is 1. The number of amides is 1. The molecule has 0 radical (unpaired) electrons. The standard InChI is InChI=1S/C13H20N2O3S/c1-13(17,8-19-3)7-15-12(16)9-5-4-6-10(14)11(9)18-2/h4-6,17H,7-8,14H2,1-3H3,(H,15,16). The van der Waals surface area contributed by atoms with Crippen LogP contribution in [-0.4, -0.2) is 42.3 Å². The van der Waals surface area contributed by atoms with Crippen molar-refractivity contribution in [1.82, 2.24) is 5.32 Å². The molecular weight excluding hydrogens is 264 g/mol. The van der Waals surface area contributed by atoms with Crippen LogP contribution in [0.1, 0.15) is 17.3 Å². The normalized spacial score (nSPS) is 13.7. The number of carbonyl (C=O) groups is 1. The highest BCUT2D eigenvalue weighted by molar-refractivity contribution is 7.98. The molecule has 1 unspecified atom stereocenters. The number of nitrogens with one attached hydrogen (secondary N) is 1. The van der Waals surface area contributed by atoms with E-state index in [2.05, 4.69) is 5.32 Å². The van der Waals surface area contributed by atoms with Crippen molar-refractivity contribution >= 4 is 23.4 Å². The molecule has 0 fully saturated rings. The summed E-state index contributed by atoms with van der Waals surface area (Å²) in [5, 5.41) is 12.7. The number of nitrogens with two attached hydrogens (primary N) is 1. The van der Waals surface area contributed by atoms with Crippen molar-refractivity contribution in [2.45, 2.75) is 12.5 Å². The molecule has 1 atom stereocenters. The van der Waals surface area contributed by atoms with Crippen LogP contribution in [0.25, 0.3) is 0 Å². The highest BCUT2D eigenvalue weighted by Gasteiger charge is 2.22. The summed E-state index contributed by atoms with van der Waals surface area (Å²) in [5.74, 6) is 0.580. The molecule has 0 aliphatic heterocycles. The largest absolute Gasteiger partial charge is 0.494 e. The van der Waals surface area contributed by atoms with Gasteiger partial charge in [0.25, 0.3) is 5.91 Å². The van der Waals surface area contributed by atoms with Crippen molar-refractivity contribution in [3.8, 4) is 5.75 Å². The SMILES string of the molecule is COc1c(N)cccc1C(=O)NCC(C)(O)CSC. The van der Waals surface area contributed by atoms with Gasteiger partial charge in [0, 0.05) is 12.3 Å². The number of aliphatic hydroxyl groups is 1. The van der Waals surface area contributed by atoms with E-state index in [1.165, 1.54) is 18.9 Å². The molecule has 0 bridgehead atoms. The van der Waals surface area contributed by atoms with Gasteiger partial charge in [0.1, 0.15) is 0 Å². The van der Waals surface area contributed by atoms with Crippen LogP contribution in [0.4, 0.5) is 5.69 Å². The lowest BCUT2D eigenvalue weighted by Crippen LogP contribution is -2.42. The zero-order valence-corrected chi connectivity index (χ0v) is 12.2. The summed E-state index contributed by atoms with van der Waals surface area (Å²) < 4.78 is 5.12. The Morgan fingerprint density at radius 2 is 2.26 bits per heavy atom. The number of anilines is 1. The van der Waals surface area contributed by atoms with Gasteiger partial charge in [-0.05, 0) is 25.3 Å². The van der Waals surface area contributed by atoms with E-state index < -0.39 is 5.60 Å². The van der Waals surface area contributed by atoms with E-state index >= 15 is 0 Å². The Labute approximate surface area is 117 Å². The molecule has 0 spiro atoms. The topological polar surface area (TPSA) is 84.6 Å². The minimum absolute atomic E-state index is 0.171. The van der Waals surface area contributed by atoms with Crippen LogP contribution in [0, 0.1) is 0 Å². The van der Waals surface area contributed by atoms with Crippen molar-refractivity contribution in [1.29, 1.82) is 0 Å². The minimum atomic E-state index is -0.942. The second-order valence-corrected chi connectivity index (χ2v) is 5.41. The number of hydrogen-bond donors (Lipinski definition) is 3. The fraction of sp³-hybridized carbons (Fsp3) is 0.462. The van der Waals surface area contributed by atoms with Gasteiger partial charge in [-0.3, -0.25) is 4.79 Å². The van der Waals surface area contributed by atoms with Crippen LogP contribution >= 0.6 is 11.8 Å². The van der Waals surface area contributed by atoms with Crippen LogP contribution in [0.3, 0.4) is 0 Å². The third-order valence-corrected chi connectivity index (χ3v) is 3.49. The molecule has 1 aromatic rings. The fourth-order valence-corrected chi connectivity index (χ4v) is 2.41. The van der Waals surface area contributed by atoms with Crippen molar-refractivity contribution in [3.05, 3.63) is 23.8 Å². The summed E-state index contributed by atoms with van der Waals surface area (Å²) in [6, 6.07) is 4.99. The van der Waals surface area contributed by atoms with E-state index in [1.807, 2.05) is 6.26 Å². The second kappa shape index (κ2) is 6.68. The Morgan fingerprint density at radius 3 is 2.84 bits per heavy atom. The maximum atomic E-state index is 12.1. The van der Waals surface area contributed by atoms with Crippen LogP contribution in [-0.2, 0) is 0 Å². The maximum absolute atomic E-state index is 12.1. The molecular formula is C13H20N2O3S. The molecule has 106 valence electrons. The molecule has 6 heteroatoms. The summed E-state index contributed by atoms with van der Waals surface area (Å²) in [6.07, 6.45) is 1.90. The molecule has 19 heavy (non-hydrogen) atoms. The Kier molecular flexibility index (Phi) is 5.50. The molecule has 5 nitrogen and oxygen atoms in total. The molecule has 0 saturated heterocycles. The van der Waals surface area contributed by atoms with Gasteiger partial charge in [-0.25, -0.2) is 0 Å². The van der Waals surface area contributed by atoms with Crippen molar-refractivity contribution < 1.29 is 14.6 Å². The highest BCUT2D eigenvalue weighted by atomic mass is 32.2. The summed E-state index contributed by atoms with van der Waals surface area (Å²) in [6.45, 7) is 1.85. The Morgan fingerprint density at radius 1 is 1.58 bits per heavy atom. The molecule has 0 aromatic heterocycles. The Bertz CT molecular complexity index is 450. The van der Waals surface area contributed by atoms with Gasteiger partial charge in [-0.2, -0.15) is 11.8 Å². The number of hydrogen-bond acceptors (Lipinski definition) is 5. The predicted molar refractivity (Wildman–Crippen MR) is 78.7 cm³/mol. The third kappa shape index (κ3) is 4.33. The summed E-state index contributed by atoms with van der Waals surface area (Å²) >= 11 is 1.52. The maximum Gasteiger partial charge on any atom is 0.255 e. The molecule has 1 amide bonds. The summed E-state index contributed by atoms with van der Waals surface area (Å²) in [5.41, 5.74) is 5.57. The average Bonchev–Trinajstić information content (AvgIpc) is 2.35. The van der Waals surface area contributed by atoms with Gasteiger partial charge in [0.15, 0.2) is 5.75 Å². The quantitative estimate of drug-likeness (QED) is 0.682. The van der Waals surface area contributed by atoms with Crippen molar-refractivity contribution in [2.24, 2.45) is 0 Å². The highest BCUT2D eigenvalue weighted by Crippen LogP contribution is 2.25. The molecule has 0 aliphatic carbocycles. The van der Waals surface area contributed by atoms with Gasteiger partial charge >= 0.3 is 0 Å². The lowest BCUT2D eigenvalue weighted by atomic mass is 10.1. The molecule has 0 saturated carbocycles. The first-order chi connectivity index (χ1) is 8.91. The number of ether oxygens (including phenoxy) is 1. The average molecular weight is 284 g/mol. The molecule has 4 N–H and O–H groups in total. The second-order valence-electron chi connectivity index (χ2n) is 4.54. The first-order valence-corrected chi connectivity index (χ1v) is 7.22. The number of rotatable bonds is 6. The number of methoxy groups -OCH3 is 1. The predicted octanol–water partition coefficient (Wildman–Crippen LogP) is 1.12. The lowest BCUT2D eigenvalue weighted by molar-refractivity contribution is 0.0723. The van der Waals surface area contributed by atoms with E-state index in [4.69, 9.17) is 10.5 Å². The first kappa shape index (κ1) is 15.7. The van der Waals surface area contributed by atoms with Crippen LogP contribution in [0.15, 0.2) is 18.2 Å². The van der Waals surface area contributed by atoms with E-state index in [0.717, 1.165) is 0 Å². The monoisotopic (exact) mass is 284 g/mol. The third-order valence-electron chi connectivity index (χ3n) is 2.58. The Hall–Kier alpha value is -1.40. The molecule has 0 heterocycles. The fourth-order valence-electron chi connectivity index (χ4n) is 1.69. The van der Waals surface area contributed by atoms with Gasteiger partial charge in [-0.1, -0.05) is 6.07 Å². The number of nitrogen functional groups attached to an aromatic ring is 1. The molecule has 0 aliphatic rings. The minimum Gasteiger partial charge on any atom is -0.494 e. The van der Waals surface area contributed by atoms with Crippen LogP contribution < -0.4 is 15.8 Å². The van der Waals surface area contributed by atoms with Crippen LogP contribution in [0.2, 0.25) is 0 Å². The lowest BCUT2D eigenvalue weighted by Gasteiger charge is -2.22. The van der Waals surface area contributed by atoms with Crippen LogP contribution in [0.5, 0.6) is 5.75 Å². The number of para-hydroxylation sites is 1. The van der Waals surface area contributed by atoms with E-state index in [9.17, 15) is 9.90 Å². The van der Waals surface area contributed by atoms with E-state index in [0.29, 0.717) is 22.8 Å². The summed E-state index contributed by atoms with van der Waals surface area (Å²) in [7, 11) is 1.46. The summed E-state index contributed by atoms with van der Waals surface area (Å²) in [4.78, 5) is 12.1. The van der Waals surface area contributed by atoms with E-state index in [1.54, 1.807) is 25.1 Å². The number of carbonyl (C=O) groups excluding carboxylic acids is 1. The molecule has 1 aromatic carbocycles. The van der Waals surface area contributed by atoms with Gasteiger partial charge < -0.3 is 20.9 Å². The zero-order valence-electron chi connectivity index (χ0n) is 11.4. The van der Waals surface area contributed by atoms with Crippen molar-refractivity contribution in [2.75, 3.05) is 31.4 Å². The Balaban J connectivity index is 2.77. The van der Waals surface area contributed by atoms with Crippen molar-refractivity contribution in [3.63, 3.8) is 0 Å². The smallest absolute Gasteiger partial charge is 0.255 e. The van der Waals surface area contributed by atoms with Gasteiger partial charge in [0.2, 0.25) is 0 Å².